The highest BCUT2D eigenvalue weighted by Gasteiger charge is 2.03. The van der Waals surface area contributed by atoms with Crippen molar-refractivity contribution in [2.75, 3.05) is 19.6 Å². The molecule has 4 nitrogen and oxygen atoms in total. The van der Waals surface area contributed by atoms with Gasteiger partial charge in [0, 0.05) is 36.5 Å². The zero-order chi connectivity index (χ0) is 17.4. The molecule has 1 heterocycles. The number of aromatic nitrogens is 1. The zero-order valence-corrected chi connectivity index (χ0v) is 15.5. The Labute approximate surface area is 151 Å². The third-order valence-corrected chi connectivity index (χ3v) is 4.52. The van der Waals surface area contributed by atoms with Gasteiger partial charge >= 0.3 is 0 Å². The Bertz CT molecular complexity index is 687. The van der Waals surface area contributed by atoms with Crippen molar-refractivity contribution in [3.63, 3.8) is 0 Å². The summed E-state index contributed by atoms with van der Waals surface area (Å²) in [5.41, 5.74) is 1.99. The quantitative estimate of drug-likeness (QED) is 0.580. The molecule has 1 aromatic carbocycles. The Morgan fingerprint density at radius 3 is 2.83 bits per heavy atom. The molecule has 0 fully saturated rings. The third-order valence-electron chi connectivity index (χ3n) is 3.35. The van der Waals surface area contributed by atoms with Crippen molar-refractivity contribution in [1.82, 2.24) is 15.6 Å². The van der Waals surface area contributed by atoms with Gasteiger partial charge in [-0.2, -0.15) is 0 Å². The predicted octanol–water partition coefficient (Wildman–Crippen LogP) is 3.58. The molecule has 0 saturated carbocycles. The Morgan fingerprint density at radius 2 is 2.17 bits per heavy atom. The first kappa shape index (κ1) is 18.7. The van der Waals surface area contributed by atoms with Gasteiger partial charge in [-0.05, 0) is 38.0 Å². The van der Waals surface area contributed by atoms with E-state index < -0.39 is 0 Å². The highest BCUT2D eigenvalue weighted by Crippen LogP contribution is 2.17. The fourth-order valence-corrected chi connectivity index (χ4v) is 3.10. The van der Waals surface area contributed by atoms with Gasteiger partial charge in [0.15, 0.2) is 5.96 Å². The summed E-state index contributed by atoms with van der Waals surface area (Å²) < 4.78 is 13.0. The van der Waals surface area contributed by atoms with E-state index in [-0.39, 0.29) is 5.82 Å². The average molecular weight is 369 g/mol. The van der Waals surface area contributed by atoms with Crippen LogP contribution in [0.15, 0.2) is 28.6 Å². The van der Waals surface area contributed by atoms with Crippen LogP contribution in [0, 0.1) is 12.7 Å². The molecule has 0 unspecified atom stereocenters. The molecule has 0 saturated heterocycles. The van der Waals surface area contributed by atoms with Crippen molar-refractivity contribution < 1.29 is 4.39 Å². The van der Waals surface area contributed by atoms with E-state index in [1.807, 2.05) is 13.8 Å². The van der Waals surface area contributed by atoms with Crippen LogP contribution in [0.1, 0.15) is 23.2 Å². The van der Waals surface area contributed by atoms with Crippen molar-refractivity contribution in [1.29, 1.82) is 0 Å². The van der Waals surface area contributed by atoms with Crippen LogP contribution in [0.25, 0.3) is 0 Å². The number of aliphatic imine (C=N–C) groups is 1. The van der Waals surface area contributed by atoms with Crippen molar-refractivity contribution in [2.45, 2.75) is 26.7 Å². The van der Waals surface area contributed by atoms with Crippen LogP contribution < -0.4 is 10.6 Å². The summed E-state index contributed by atoms with van der Waals surface area (Å²) in [6.07, 6.45) is 1.53. The molecular formula is C17H22ClFN4S. The molecule has 0 atom stereocenters. The summed E-state index contributed by atoms with van der Waals surface area (Å²) in [6.45, 7) is 6.17. The van der Waals surface area contributed by atoms with Gasteiger partial charge in [-0.25, -0.2) is 9.37 Å². The summed E-state index contributed by atoms with van der Waals surface area (Å²) in [5, 5.41) is 10.1. The molecule has 0 amide bonds. The number of benzene rings is 1. The van der Waals surface area contributed by atoms with Gasteiger partial charge in [0.25, 0.3) is 0 Å². The number of nitrogens with zero attached hydrogens (tertiary/aromatic N) is 2. The van der Waals surface area contributed by atoms with Crippen LogP contribution in [0.4, 0.5) is 4.39 Å². The SMILES string of the molecule is CCNC(=NCCc1csc(C)n1)NCCc1ccc(F)cc1Cl. The number of guanidine groups is 1. The first-order chi connectivity index (χ1) is 11.6. The zero-order valence-electron chi connectivity index (χ0n) is 13.9. The minimum absolute atomic E-state index is 0.316. The number of thiazole rings is 1. The molecule has 0 aliphatic heterocycles. The van der Waals surface area contributed by atoms with Crippen molar-refractivity contribution in [3.05, 3.63) is 50.7 Å². The first-order valence-electron chi connectivity index (χ1n) is 7.95. The summed E-state index contributed by atoms with van der Waals surface area (Å²) >= 11 is 7.70. The van der Waals surface area contributed by atoms with Gasteiger partial charge < -0.3 is 10.6 Å². The van der Waals surface area contributed by atoms with Crippen molar-refractivity contribution >= 4 is 28.9 Å². The Balaban J connectivity index is 1.82. The largest absolute Gasteiger partial charge is 0.357 e. The number of halogens is 2. The standard InChI is InChI=1S/C17H22ClFN4S/c1-3-20-17(22-9-7-15-11-24-12(2)23-15)21-8-6-13-4-5-14(19)10-16(13)18/h4-5,10-11H,3,6-9H2,1-2H3,(H2,20,21,22). The number of rotatable bonds is 7. The van der Waals surface area contributed by atoms with E-state index in [4.69, 9.17) is 11.6 Å². The lowest BCUT2D eigenvalue weighted by molar-refractivity contribution is 0.627. The summed E-state index contributed by atoms with van der Waals surface area (Å²) in [6, 6.07) is 4.48. The van der Waals surface area contributed by atoms with Gasteiger partial charge in [0.2, 0.25) is 0 Å². The average Bonchev–Trinajstić information content (AvgIpc) is 2.95. The highest BCUT2D eigenvalue weighted by atomic mass is 35.5. The van der Waals surface area contributed by atoms with E-state index in [9.17, 15) is 4.39 Å². The van der Waals surface area contributed by atoms with E-state index in [0.717, 1.165) is 35.2 Å². The second-order valence-electron chi connectivity index (χ2n) is 5.28. The molecule has 0 aliphatic rings. The topological polar surface area (TPSA) is 49.3 Å². The highest BCUT2D eigenvalue weighted by molar-refractivity contribution is 7.09. The molecule has 0 radical (unpaired) electrons. The van der Waals surface area contributed by atoms with Gasteiger partial charge in [-0.1, -0.05) is 17.7 Å². The molecular weight excluding hydrogens is 347 g/mol. The third kappa shape index (κ3) is 6.09. The molecule has 2 aromatic rings. The molecule has 130 valence electrons. The lowest BCUT2D eigenvalue weighted by Crippen LogP contribution is -2.38. The molecule has 0 spiro atoms. The van der Waals surface area contributed by atoms with E-state index in [0.29, 0.717) is 24.5 Å². The predicted molar refractivity (Wildman–Crippen MR) is 99.7 cm³/mol. The van der Waals surface area contributed by atoms with Crippen LogP contribution in [-0.2, 0) is 12.8 Å². The second-order valence-corrected chi connectivity index (χ2v) is 6.75. The molecule has 0 bridgehead atoms. The second kappa shape index (κ2) is 9.59. The molecule has 1 aromatic heterocycles. The Morgan fingerprint density at radius 1 is 1.33 bits per heavy atom. The van der Waals surface area contributed by atoms with E-state index in [1.54, 1.807) is 17.4 Å². The van der Waals surface area contributed by atoms with Gasteiger partial charge in [-0.15, -0.1) is 11.3 Å². The normalized spacial score (nSPS) is 11.6. The maximum Gasteiger partial charge on any atom is 0.191 e. The Hall–Kier alpha value is -1.66. The van der Waals surface area contributed by atoms with Crippen molar-refractivity contribution in [3.8, 4) is 0 Å². The molecule has 7 heteroatoms. The summed E-state index contributed by atoms with van der Waals surface area (Å²) in [7, 11) is 0. The van der Waals surface area contributed by atoms with Crippen LogP contribution in [-0.4, -0.2) is 30.6 Å². The molecule has 0 aliphatic carbocycles. The monoisotopic (exact) mass is 368 g/mol. The van der Waals surface area contributed by atoms with Gasteiger partial charge in [-0.3, -0.25) is 4.99 Å². The first-order valence-corrected chi connectivity index (χ1v) is 9.21. The van der Waals surface area contributed by atoms with E-state index in [1.165, 1.54) is 12.1 Å². The van der Waals surface area contributed by atoms with E-state index in [2.05, 4.69) is 26.0 Å². The van der Waals surface area contributed by atoms with E-state index >= 15 is 0 Å². The summed E-state index contributed by atoms with van der Waals surface area (Å²) in [5.74, 6) is 0.451. The fourth-order valence-electron chi connectivity index (χ4n) is 2.19. The smallest absolute Gasteiger partial charge is 0.191 e. The van der Waals surface area contributed by atoms with Crippen LogP contribution >= 0.6 is 22.9 Å². The Kier molecular flexibility index (Phi) is 7.46. The summed E-state index contributed by atoms with van der Waals surface area (Å²) in [4.78, 5) is 8.99. The lowest BCUT2D eigenvalue weighted by atomic mass is 10.1. The van der Waals surface area contributed by atoms with Gasteiger partial charge in [0.05, 0.1) is 10.7 Å². The maximum atomic E-state index is 13.0. The van der Waals surface area contributed by atoms with Crippen LogP contribution in [0.3, 0.4) is 0 Å². The minimum atomic E-state index is -0.316. The number of aryl methyl sites for hydroxylation is 1. The number of hydrogen-bond acceptors (Lipinski definition) is 3. The molecule has 2 N–H and O–H groups in total. The van der Waals surface area contributed by atoms with Crippen LogP contribution in [0.2, 0.25) is 5.02 Å². The fraction of sp³-hybridized carbons (Fsp3) is 0.412. The molecule has 24 heavy (non-hydrogen) atoms. The minimum Gasteiger partial charge on any atom is -0.357 e. The van der Waals surface area contributed by atoms with Crippen LogP contribution in [0.5, 0.6) is 0 Å². The maximum absolute atomic E-state index is 13.0. The lowest BCUT2D eigenvalue weighted by Gasteiger charge is -2.11. The number of hydrogen-bond donors (Lipinski definition) is 2. The molecule has 2 rings (SSSR count). The number of nitrogens with one attached hydrogen (secondary N) is 2. The van der Waals surface area contributed by atoms with Crippen molar-refractivity contribution in [2.24, 2.45) is 4.99 Å². The van der Waals surface area contributed by atoms with Gasteiger partial charge in [0.1, 0.15) is 5.82 Å².